The molecule has 0 atom stereocenters. The van der Waals surface area contributed by atoms with Crippen molar-refractivity contribution in [1.82, 2.24) is 9.62 Å². The minimum Gasteiger partial charge on any atom is -0.344 e. The Kier molecular flexibility index (Phi) is 8.32. The quantitative estimate of drug-likeness (QED) is 0.739. The lowest BCUT2D eigenvalue weighted by atomic mass is 9.93. The van der Waals surface area contributed by atoms with E-state index >= 15 is 0 Å². The van der Waals surface area contributed by atoms with E-state index < -0.39 is 10.0 Å². The number of amides is 1. The molecule has 0 radical (unpaired) electrons. The van der Waals surface area contributed by atoms with Gasteiger partial charge in [0.25, 0.3) is 10.0 Å². The van der Waals surface area contributed by atoms with E-state index in [9.17, 15) is 13.2 Å². The number of nitrogens with one attached hydrogen (secondary N) is 1. The van der Waals surface area contributed by atoms with Crippen LogP contribution in [0, 0.1) is 5.41 Å². The summed E-state index contributed by atoms with van der Waals surface area (Å²) >= 11 is 6.65. The van der Waals surface area contributed by atoms with E-state index in [2.05, 4.69) is 4.72 Å². The first-order chi connectivity index (χ1) is 9.57. The van der Waals surface area contributed by atoms with Gasteiger partial charge >= 0.3 is 0 Å². The van der Waals surface area contributed by atoms with Gasteiger partial charge in [0, 0.05) is 13.6 Å². The summed E-state index contributed by atoms with van der Waals surface area (Å²) in [4.78, 5) is 13.4. The van der Waals surface area contributed by atoms with Gasteiger partial charge in [-0.1, -0.05) is 25.4 Å². The number of rotatable bonds is 7. The molecule has 3 N–H and O–H groups in total. The molecule has 0 fully saturated rings. The van der Waals surface area contributed by atoms with E-state index in [-0.39, 0.29) is 34.5 Å². The fourth-order valence-corrected chi connectivity index (χ4v) is 4.10. The molecule has 1 amide bonds. The summed E-state index contributed by atoms with van der Waals surface area (Å²) < 4.78 is 26.7. The molecule has 0 saturated heterocycles. The van der Waals surface area contributed by atoms with Crippen LogP contribution >= 0.6 is 35.3 Å². The van der Waals surface area contributed by atoms with Crippen LogP contribution in [0.5, 0.6) is 0 Å². The zero-order chi connectivity index (χ0) is 16.3. The van der Waals surface area contributed by atoms with E-state index in [1.165, 1.54) is 17.0 Å². The lowest BCUT2D eigenvalue weighted by Crippen LogP contribution is -2.43. The van der Waals surface area contributed by atoms with E-state index in [4.69, 9.17) is 17.3 Å². The molecule has 22 heavy (non-hydrogen) atoms. The Bertz CT molecular complexity index is 603. The fraction of sp³-hybridized carbons (Fsp3) is 0.583. The lowest BCUT2D eigenvalue weighted by Gasteiger charge is -2.29. The molecule has 1 aromatic heterocycles. The number of thiophene rings is 1. The molecule has 128 valence electrons. The maximum atomic E-state index is 12.0. The summed E-state index contributed by atoms with van der Waals surface area (Å²) in [6.07, 6.45) is 0. The molecule has 0 aliphatic rings. The molecule has 0 aromatic carbocycles. The van der Waals surface area contributed by atoms with E-state index in [1.54, 1.807) is 7.05 Å². The van der Waals surface area contributed by atoms with Crippen molar-refractivity contribution >= 4 is 51.3 Å². The van der Waals surface area contributed by atoms with Gasteiger partial charge in [-0.2, -0.15) is 0 Å². The molecule has 0 saturated carbocycles. The third kappa shape index (κ3) is 6.39. The molecule has 6 nitrogen and oxygen atoms in total. The highest BCUT2D eigenvalue weighted by atomic mass is 35.5. The van der Waals surface area contributed by atoms with Gasteiger partial charge < -0.3 is 10.6 Å². The highest BCUT2D eigenvalue weighted by molar-refractivity contribution is 7.91. The number of carbonyl (C=O) groups excluding carboxylic acids is 1. The summed E-state index contributed by atoms with van der Waals surface area (Å²) in [5, 5.41) is 0. The van der Waals surface area contributed by atoms with Gasteiger partial charge in [-0.15, -0.1) is 23.7 Å². The number of sulfonamides is 1. The van der Waals surface area contributed by atoms with Gasteiger partial charge in [-0.25, -0.2) is 13.1 Å². The molecule has 0 spiro atoms. The normalized spacial score (nSPS) is 11.9. The van der Waals surface area contributed by atoms with Crippen LogP contribution in [0.3, 0.4) is 0 Å². The first-order valence-electron chi connectivity index (χ1n) is 6.26. The predicted molar refractivity (Wildman–Crippen MR) is 92.2 cm³/mol. The molecular formula is C12H21Cl2N3O3S2. The number of hydrogen-bond acceptors (Lipinski definition) is 5. The smallest absolute Gasteiger partial charge is 0.250 e. The maximum absolute atomic E-state index is 12.0. The summed E-state index contributed by atoms with van der Waals surface area (Å²) in [5.41, 5.74) is 5.40. The van der Waals surface area contributed by atoms with Crippen LogP contribution in [-0.4, -0.2) is 45.9 Å². The van der Waals surface area contributed by atoms with E-state index in [1.807, 2.05) is 13.8 Å². The van der Waals surface area contributed by atoms with Crippen LogP contribution in [0.25, 0.3) is 0 Å². The molecular weight excluding hydrogens is 369 g/mol. The monoisotopic (exact) mass is 389 g/mol. The maximum Gasteiger partial charge on any atom is 0.250 e. The van der Waals surface area contributed by atoms with E-state index in [0.29, 0.717) is 17.4 Å². The minimum absolute atomic E-state index is 0. The average Bonchev–Trinajstić information content (AvgIpc) is 2.83. The standard InChI is InChI=1S/C12H20ClN3O3S2.ClH/c1-12(2,7-14)8-16(3)10(17)6-15-21(18,19)11-5-4-9(13)20-11;/h4-5,15H,6-8,14H2,1-3H3;1H. The number of hydrogen-bond donors (Lipinski definition) is 2. The Morgan fingerprint density at radius 2 is 2.05 bits per heavy atom. The van der Waals surface area contributed by atoms with Crippen LogP contribution in [0.15, 0.2) is 16.3 Å². The first-order valence-corrected chi connectivity index (χ1v) is 8.94. The Balaban J connectivity index is 0.00000441. The van der Waals surface area contributed by atoms with Crippen molar-refractivity contribution in [2.75, 3.05) is 26.7 Å². The zero-order valence-electron chi connectivity index (χ0n) is 12.6. The van der Waals surface area contributed by atoms with E-state index in [0.717, 1.165) is 11.3 Å². The Hall–Kier alpha value is -0.380. The number of nitrogens with zero attached hydrogens (tertiary/aromatic N) is 1. The van der Waals surface area contributed by atoms with Crippen LogP contribution < -0.4 is 10.5 Å². The lowest BCUT2D eigenvalue weighted by molar-refractivity contribution is -0.129. The van der Waals surface area contributed by atoms with Crippen molar-refractivity contribution in [2.45, 2.75) is 18.1 Å². The number of nitrogens with two attached hydrogens (primary N) is 1. The van der Waals surface area contributed by atoms with Gasteiger partial charge in [0.1, 0.15) is 4.21 Å². The fourth-order valence-electron chi connectivity index (χ4n) is 1.60. The van der Waals surface area contributed by atoms with Gasteiger partial charge in [0.05, 0.1) is 10.9 Å². The summed E-state index contributed by atoms with van der Waals surface area (Å²) in [5.74, 6) is -0.317. The molecule has 0 unspecified atom stereocenters. The summed E-state index contributed by atoms with van der Waals surface area (Å²) in [6.45, 7) is 4.47. The SMILES string of the molecule is CN(CC(C)(C)CN)C(=O)CNS(=O)(=O)c1ccc(Cl)s1.Cl. The van der Waals surface area contributed by atoms with Crippen molar-refractivity contribution in [1.29, 1.82) is 0 Å². The predicted octanol–water partition coefficient (Wildman–Crippen LogP) is 1.54. The van der Waals surface area contributed by atoms with Crippen LogP contribution in [-0.2, 0) is 14.8 Å². The first kappa shape index (κ1) is 21.6. The second-order valence-corrected chi connectivity index (χ2v) is 9.21. The average molecular weight is 390 g/mol. The van der Waals surface area contributed by atoms with Crippen molar-refractivity contribution in [3.8, 4) is 0 Å². The van der Waals surface area contributed by atoms with Gasteiger partial charge in [-0.05, 0) is 24.1 Å². The molecule has 0 aliphatic heterocycles. The largest absolute Gasteiger partial charge is 0.344 e. The minimum atomic E-state index is -3.71. The molecule has 0 aliphatic carbocycles. The van der Waals surface area contributed by atoms with Crippen molar-refractivity contribution in [2.24, 2.45) is 11.1 Å². The molecule has 1 rings (SSSR count). The highest BCUT2D eigenvalue weighted by Crippen LogP contribution is 2.25. The molecule has 0 bridgehead atoms. The van der Waals surface area contributed by atoms with Gasteiger partial charge in [0.15, 0.2) is 0 Å². The number of halogens is 2. The van der Waals surface area contributed by atoms with Gasteiger partial charge in [-0.3, -0.25) is 4.79 Å². The molecule has 1 heterocycles. The van der Waals surface area contributed by atoms with Gasteiger partial charge in [0.2, 0.25) is 5.91 Å². The Morgan fingerprint density at radius 3 is 2.50 bits per heavy atom. The van der Waals surface area contributed by atoms with Crippen molar-refractivity contribution in [3.05, 3.63) is 16.5 Å². The second-order valence-electron chi connectivity index (χ2n) is 5.50. The molecule has 10 heteroatoms. The number of likely N-dealkylation sites (N-methyl/N-ethyl adjacent to an activating group) is 1. The molecule has 1 aromatic rings. The van der Waals surface area contributed by atoms with Crippen molar-refractivity contribution in [3.63, 3.8) is 0 Å². The van der Waals surface area contributed by atoms with Crippen LogP contribution in [0.2, 0.25) is 4.34 Å². The Labute approximate surface area is 146 Å². The third-order valence-corrected chi connectivity index (χ3v) is 5.99. The third-order valence-electron chi connectivity index (χ3n) is 2.87. The second kappa shape index (κ2) is 8.47. The summed E-state index contributed by atoms with van der Waals surface area (Å²) in [7, 11) is -2.08. The number of carbonyl (C=O) groups is 1. The van der Waals surface area contributed by atoms with Crippen molar-refractivity contribution < 1.29 is 13.2 Å². The van der Waals surface area contributed by atoms with Crippen LogP contribution in [0.4, 0.5) is 0 Å². The highest BCUT2D eigenvalue weighted by Gasteiger charge is 2.23. The zero-order valence-corrected chi connectivity index (χ0v) is 15.8. The summed E-state index contributed by atoms with van der Waals surface area (Å²) in [6, 6.07) is 2.90. The van der Waals surface area contributed by atoms with Crippen LogP contribution in [0.1, 0.15) is 13.8 Å². The Morgan fingerprint density at radius 1 is 1.45 bits per heavy atom. The topological polar surface area (TPSA) is 92.5 Å².